The highest BCUT2D eigenvalue weighted by molar-refractivity contribution is 7.96. The van der Waals surface area contributed by atoms with Gasteiger partial charge >= 0.3 is 0 Å². The second-order valence-electron chi connectivity index (χ2n) is 11.8. The van der Waals surface area contributed by atoms with E-state index in [1.165, 1.54) is 69.8 Å². The molecule has 0 heterocycles. The van der Waals surface area contributed by atoms with E-state index in [2.05, 4.69) is 196 Å². The third-order valence-corrected chi connectivity index (χ3v) is 17.9. The standard InChI is InChI=1S/2C22H24P.BrH.HI/c2*1-2-3-19-23(20-13-7-4-8-14-20,21-15-9-5-10-16-21)22-17-11-6-12-18-22;;/h2*4-18H,2-3,19H2,1H3;2*1H/q2*+1;;/p-2. The normalized spacial score (nSPS) is 10.9. The summed E-state index contributed by atoms with van der Waals surface area (Å²) in [6, 6.07) is 66.8. The number of unbranched alkanes of at least 4 members (excludes halogenated alkanes) is 2. The topological polar surface area (TPSA) is 0 Å². The van der Waals surface area contributed by atoms with Crippen LogP contribution in [0, 0.1) is 0 Å². The van der Waals surface area contributed by atoms with Crippen LogP contribution in [-0.4, -0.2) is 12.3 Å². The second-order valence-corrected chi connectivity index (χ2v) is 19.0. The lowest BCUT2D eigenvalue weighted by Gasteiger charge is -2.27. The van der Waals surface area contributed by atoms with Crippen LogP contribution in [0.3, 0.4) is 0 Å². The molecule has 48 heavy (non-hydrogen) atoms. The molecule has 0 atom stereocenters. The van der Waals surface area contributed by atoms with Crippen molar-refractivity contribution < 1.29 is 41.0 Å². The first-order chi connectivity index (χ1) is 22.8. The molecule has 0 saturated heterocycles. The van der Waals surface area contributed by atoms with Crippen molar-refractivity contribution in [3.8, 4) is 0 Å². The van der Waals surface area contributed by atoms with Gasteiger partial charge in [0.1, 0.15) is 46.4 Å². The van der Waals surface area contributed by atoms with Gasteiger partial charge in [0.05, 0.1) is 12.3 Å². The molecule has 0 radical (unpaired) electrons. The van der Waals surface area contributed by atoms with Crippen molar-refractivity contribution in [2.24, 2.45) is 0 Å². The van der Waals surface area contributed by atoms with Gasteiger partial charge in [-0.2, -0.15) is 0 Å². The number of rotatable bonds is 12. The largest absolute Gasteiger partial charge is 1.00 e. The van der Waals surface area contributed by atoms with Gasteiger partial charge in [-0.3, -0.25) is 0 Å². The quantitative estimate of drug-likeness (QED) is 0.131. The Bertz CT molecular complexity index is 1360. The lowest BCUT2D eigenvalue weighted by atomic mass is 10.3. The zero-order chi connectivity index (χ0) is 31.9. The van der Waals surface area contributed by atoms with E-state index < -0.39 is 14.5 Å². The fraction of sp³-hybridized carbons (Fsp3) is 0.182. The van der Waals surface area contributed by atoms with Crippen LogP contribution in [0.15, 0.2) is 182 Å². The smallest absolute Gasteiger partial charge is 0.112 e. The molecule has 0 fully saturated rings. The van der Waals surface area contributed by atoms with E-state index in [1.807, 2.05) is 0 Å². The van der Waals surface area contributed by atoms with E-state index in [9.17, 15) is 0 Å². The fourth-order valence-corrected chi connectivity index (χ4v) is 15.6. The van der Waals surface area contributed by atoms with Gasteiger partial charge in [-0.15, -0.1) is 0 Å². The van der Waals surface area contributed by atoms with Gasteiger partial charge in [-0.05, 0) is 85.6 Å². The van der Waals surface area contributed by atoms with Gasteiger partial charge in [0.25, 0.3) is 0 Å². The maximum absolute atomic E-state index is 2.32. The van der Waals surface area contributed by atoms with Gasteiger partial charge in [0, 0.05) is 0 Å². The summed E-state index contributed by atoms with van der Waals surface area (Å²) < 4.78 is 0. The summed E-state index contributed by atoms with van der Waals surface area (Å²) in [6.45, 7) is 4.57. The van der Waals surface area contributed by atoms with E-state index in [1.54, 1.807) is 0 Å². The second kappa shape index (κ2) is 20.8. The van der Waals surface area contributed by atoms with Crippen LogP contribution in [0.4, 0.5) is 0 Å². The Morgan fingerprint density at radius 1 is 0.312 bits per heavy atom. The van der Waals surface area contributed by atoms with Gasteiger partial charge < -0.3 is 41.0 Å². The molecule has 0 aliphatic heterocycles. The first kappa shape index (κ1) is 39.8. The van der Waals surface area contributed by atoms with Crippen molar-refractivity contribution in [1.82, 2.24) is 0 Å². The predicted molar refractivity (Wildman–Crippen MR) is 210 cm³/mol. The van der Waals surface area contributed by atoms with Crippen LogP contribution in [0.2, 0.25) is 0 Å². The third-order valence-electron chi connectivity index (χ3n) is 8.88. The van der Waals surface area contributed by atoms with Gasteiger partial charge in [-0.1, -0.05) is 136 Å². The van der Waals surface area contributed by atoms with Crippen molar-refractivity contribution >= 4 is 46.4 Å². The Labute approximate surface area is 318 Å². The van der Waals surface area contributed by atoms with Crippen LogP contribution in [0.1, 0.15) is 39.5 Å². The summed E-state index contributed by atoms with van der Waals surface area (Å²) in [5, 5.41) is 8.95. The molecular weight excluding hydrogens is 797 g/mol. The summed E-state index contributed by atoms with van der Waals surface area (Å²) in [5.74, 6) is 0. The average Bonchev–Trinajstić information content (AvgIpc) is 3.15. The molecule has 0 N–H and O–H groups in total. The minimum Gasteiger partial charge on any atom is -1.00 e. The summed E-state index contributed by atoms with van der Waals surface area (Å²) in [4.78, 5) is 0. The maximum Gasteiger partial charge on any atom is 0.112 e. The average molecular weight is 846 g/mol. The molecule has 0 unspecified atom stereocenters. The van der Waals surface area contributed by atoms with Crippen molar-refractivity contribution in [2.45, 2.75) is 39.5 Å². The molecule has 0 bridgehead atoms. The Morgan fingerprint density at radius 2 is 0.479 bits per heavy atom. The zero-order valence-electron chi connectivity index (χ0n) is 28.2. The Hall–Kier alpha value is -2.61. The lowest BCUT2D eigenvalue weighted by molar-refractivity contribution is -0.00100. The molecule has 0 aliphatic carbocycles. The summed E-state index contributed by atoms with van der Waals surface area (Å²) in [5.41, 5.74) is 0. The minimum absolute atomic E-state index is 0. The molecular formula is C44H48BrIP2. The molecule has 4 heteroatoms. The van der Waals surface area contributed by atoms with Crippen molar-refractivity contribution in [2.75, 3.05) is 12.3 Å². The molecule has 0 aliphatic rings. The highest BCUT2D eigenvalue weighted by Gasteiger charge is 2.45. The Morgan fingerprint density at radius 3 is 0.625 bits per heavy atom. The fourth-order valence-electron chi connectivity index (χ4n) is 6.55. The van der Waals surface area contributed by atoms with E-state index >= 15 is 0 Å². The third kappa shape index (κ3) is 9.34. The lowest BCUT2D eigenvalue weighted by Crippen LogP contribution is -3.00. The minimum atomic E-state index is -1.57. The molecule has 0 aromatic heterocycles. The number of halogens is 2. The first-order valence-corrected chi connectivity index (χ1v) is 20.8. The van der Waals surface area contributed by atoms with Gasteiger partial charge in [0.15, 0.2) is 0 Å². The molecule has 248 valence electrons. The van der Waals surface area contributed by atoms with E-state index in [0.29, 0.717) is 0 Å². The van der Waals surface area contributed by atoms with Crippen LogP contribution in [-0.2, 0) is 0 Å². The molecule has 0 spiro atoms. The molecule has 0 nitrogen and oxygen atoms in total. The molecule has 0 saturated carbocycles. The van der Waals surface area contributed by atoms with E-state index in [0.717, 1.165) is 0 Å². The highest BCUT2D eigenvalue weighted by Crippen LogP contribution is 2.56. The highest BCUT2D eigenvalue weighted by atomic mass is 127. The Balaban J connectivity index is 0.000000250. The van der Waals surface area contributed by atoms with Crippen molar-refractivity contribution in [3.05, 3.63) is 182 Å². The van der Waals surface area contributed by atoms with Crippen molar-refractivity contribution in [3.63, 3.8) is 0 Å². The summed E-state index contributed by atoms with van der Waals surface area (Å²) >= 11 is 0. The Kier molecular flexibility index (Phi) is 17.3. The molecule has 6 aromatic carbocycles. The van der Waals surface area contributed by atoms with Crippen molar-refractivity contribution in [1.29, 1.82) is 0 Å². The van der Waals surface area contributed by atoms with E-state index in [4.69, 9.17) is 0 Å². The monoisotopic (exact) mass is 844 g/mol. The first-order valence-electron chi connectivity index (χ1n) is 16.9. The van der Waals surface area contributed by atoms with Gasteiger partial charge in [-0.25, -0.2) is 0 Å². The summed E-state index contributed by atoms with van der Waals surface area (Å²) in [6.07, 6.45) is 7.45. The molecule has 0 amide bonds. The molecule has 6 aromatic rings. The van der Waals surface area contributed by atoms with Crippen LogP contribution in [0.25, 0.3) is 0 Å². The van der Waals surface area contributed by atoms with Crippen LogP contribution >= 0.6 is 14.5 Å². The number of hydrogen-bond acceptors (Lipinski definition) is 0. The van der Waals surface area contributed by atoms with E-state index in [-0.39, 0.29) is 41.0 Å². The zero-order valence-corrected chi connectivity index (χ0v) is 33.7. The van der Waals surface area contributed by atoms with Gasteiger partial charge in [0.2, 0.25) is 0 Å². The molecule has 6 rings (SSSR count). The number of benzene rings is 6. The van der Waals surface area contributed by atoms with Crippen LogP contribution < -0.4 is 72.8 Å². The summed E-state index contributed by atoms with van der Waals surface area (Å²) in [7, 11) is -3.14. The maximum atomic E-state index is 2.32. The number of hydrogen-bond donors (Lipinski definition) is 0. The SMILES string of the molecule is CCCC[P+](c1ccccc1)(c1ccccc1)c1ccccc1.CCCC[P+](c1ccccc1)(c1ccccc1)c1ccccc1.[Br-].[I-]. The predicted octanol–water partition coefficient (Wildman–Crippen LogP) is 3.57. The van der Waals surface area contributed by atoms with Crippen LogP contribution in [0.5, 0.6) is 0 Å².